The van der Waals surface area contributed by atoms with Crippen molar-refractivity contribution in [3.8, 4) is 0 Å². The first-order valence-corrected chi connectivity index (χ1v) is 11.7. The van der Waals surface area contributed by atoms with Crippen LogP contribution in [0.5, 0.6) is 0 Å². The van der Waals surface area contributed by atoms with Crippen molar-refractivity contribution in [2.24, 2.45) is 11.8 Å². The molecule has 2 N–H and O–H groups in total. The van der Waals surface area contributed by atoms with Gasteiger partial charge >= 0.3 is 5.97 Å². The minimum Gasteiger partial charge on any atom is -0.469 e. The van der Waals surface area contributed by atoms with Crippen LogP contribution in [0.15, 0.2) is 29.2 Å². The Morgan fingerprint density at radius 3 is 2.70 bits per heavy atom. The van der Waals surface area contributed by atoms with Crippen LogP contribution in [0.3, 0.4) is 0 Å². The molecule has 3 unspecified atom stereocenters. The van der Waals surface area contributed by atoms with Crippen LogP contribution in [0, 0.1) is 17.7 Å². The second-order valence-electron chi connectivity index (χ2n) is 8.01. The molecule has 1 aromatic carbocycles. The zero-order chi connectivity index (χ0) is 21.9. The van der Waals surface area contributed by atoms with E-state index in [9.17, 15) is 24.2 Å². The number of thioether (sulfide) groups is 1. The number of Topliss-reactive ketones (excluding diaryl/α,β-unsaturated/α-hetero) is 1. The maximum atomic E-state index is 13.7. The van der Waals surface area contributed by atoms with Gasteiger partial charge in [-0.15, -0.1) is 11.8 Å². The molecule has 0 heterocycles. The van der Waals surface area contributed by atoms with E-state index in [4.69, 9.17) is 0 Å². The summed E-state index contributed by atoms with van der Waals surface area (Å²) in [5, 5.41) is 20.6. The summed E-state index contributed by atoms with van der Waals surface area (Å²) < 4.78 is 18.3. The number of unbranched alkanes of at least 4 members (excludes halogenated alkanes) is 3. The smallest absolute Gasteiger partial charge is 0.305 e. The number of rotatable bonds is 13. The highest BCUT2D eigenvalue weighted by Gasteiger charge is 2.40. The summed E-state index contributed by atoms with van der Waals surface area (Å²) in [6, 6.07) is 6.48. The second-order valence-corrected chi connectivity index (χ2v) is 9.07. The molecule has 0 radical (unpaired) electrons. The first-order valence-electron chi connectivity index (χ1n) is 10.7. The quantitative estimate of drug-likeness (QED) is 0.272. The Balaban J connectivity index is 1.71. The van der Waals surface area contributed by atoms with Gasteiger partial charge in [-0.2, -0.15) is 0 Å². The zero-order valence-corrected chi connectivity index (χ0v) is 18.4. The summed E-state index contributed by atoms with van der Waals surface area (Å²) in [6.07, 6.45) is 4.66. The molecule has 1 aromatic rings. The molecule has 1 aliphatic carbocycles. The molecule has 0 spiro atoms. The van der Waals surface area contributed by atoms with Gasteiger partial charge in [0.25, 0.3) is 0 Å². The SMILES string of the molecule is COC(=O)CCCCCCC1C(=O)CC(O)[C@@H]1CCC(O)CSc1ccccc1F. The number of ether oxygens (including phenoxy) is 1. The van der Waals surface area contributed by atoms with Crippen LogP contribution in [0.1, 0.15) is 57.8 Å². The Kier molecular flexibility index (Phi) is 10.8. The maximum Gasteiger partial charge on any atom is 0.305 e. The third-order valence-corrected chi connectivity index (χ3v) is 7.00. The van der Waals surface area contributed by atoms with Crippen molar-refractivity contribution in [3.63, 3.8) is 0 Å². The molecule has 168 valence electrons. The number of carbonyl (C=O) groups is 2. The molecule has 30 heavy (non-hydrogen) atoms. The summed E-state index contributed by atoms with van der Waals surface area (Å²) in [5.74, 6) is -0.290. The van der Waals surface area contributed by atoms with E-state index in [-0.39, 0.29) is 35.8 Å². The predicted molar refractivity (Wildman–Crippen MR) is 115 cm³/mol. The van der Waals surface area contributed by atoms with Gasteiger partial charge in [-0.25, -0.2) is 4.39 Å². The number of ketones is 1. The number of aliphatic hydroxyl groups excluding tert-OH is 2. The summed E-state index contributed by atoms with van der Waals surface area (Å²) in [6.45, 7) is 0. The van der Waals surface area contributed by atoms with Crippen LogP contribution < -0.4 is 0 Å². The lowest BCUT2D eigenvalue weighted by molar-refractivity contribution is -0.140. The van der Waals surface area contributed by atoms with Crippen molar-refractivity contribution in [1.82, 2.24) is 0 Å². The molecule has 5 nitrogen and oxygen atoms in total. The second kappa shape index (κ2) is 13.1. The molecule has 0 aromatic heterocycles. The molecule has 0 aliphatic heterocycles. The van der Waals surface area contributed by atoms with Crippen LogP contribution in [0.4, 0.5) is 4.39 Å². The Morgan fingerprint density at radius 1 is 1.23 bits per heavy atom. The standard InChI is InChI=1S/C23H33FO5S/c1-29-23(28)11-5-3-2-4-8-17-18(21(27)14-20(17)26)13-12-16(25)15-30-22-10-7-6-9-19(22)24/h6-7,9-10,16-18,21,25,27H,2-5,8,11-15H2,1H3/t16?,17?,18-,21?/m1/s1. The monoisotopic (exact) mass is 440 g/mol. The number of carbonyl (C=O) groups excluding carboxylic acids is 2. The fraction of sp³-hybridized carbons (Fsp3) is 0.652. The van der Waals surface area contributed by atoms with Crippen molar-refractivity contribution in [3.05, 3.63) is 30.1 Å². The largest absolute Gasteiger partial charge is 0.469 e. The average Bonchev–Trinajstić information content (AvgIpc) is 3.00. The van der Waals surface area contributed by atoms with E-state index in [1.54, 1.807) is 18.2 Å². The number of aliphatic hydroxyl groups is 2. The average molecular weight is 441 g/mol. The lowest BCUT2D eigenvalue weighted by atomic mass is 9.85. The van der Waals surface area contributed by atoms with Crippen LogP contribution in [0.2, 0.25) is 0 Å². The highest BCUT2D eigenvalue weighted by Crippen LogP contribution is 2.37. The van der Waals surface area contributed by atoms with Crippen LogP contribution in [0.25, 0.3) is 0 Å². The van der Waals surface area contributed by atoms with E-state index < -0.39 is 12.2 Å². The molecule has 1 fully saturated rings. The molecule has 0 bridgehead atoms. The molecule has 7 heteroatoms. The predicted octanol–water partition coefficient (Wildman–Crippen LogP) is 4.14. The van der Waals surface area contributed by atoms with E-state index in [1.165, 1.54) is 24.9 Å². The van der Waals surface area contributed by atoms with Gasteiger partial charge in [0.05, 0.1) is 19.3 Å². The zero-order valence-electron chi connectivity index (χ0n) is 17.6. The number of hydrogen-bond donors (Lipinski definition) is 2. The lowest BCUT2D eigenvalue weighted by Gasteiger charge is -2.22. The molecule has 1 aliphatic rings. The molecule has 2 rings (SSSR count). The summed E-state index contributed by atoms with van der Waals surface area (Å²) in [7, 11) is 1.38. The van der Waals surface area contributed by atoms with Crippen molar-refractivity contribution in [1.29, 1.82) is 0 Å². The van der Waals surface area contributed by atoms with E-state index >= 15 is 0 Å². The summed E-state index contributed by atoms with van der Waals surface area (Å²) >= 11 is 1.28. The Bertz CT molecular complexity index is 683. The van der Waals surface area contributed by atoms with Crippen LogP contribution >= 0.6 is 11.8 Å². The van der Waals surface area contributed by atoms with E-state index in [0.29, 0.717) is 29.9 Å². The van der Waals surface area contributed by atoms with Gasteiger partial charge in [-0.05, 0) is 43.7 Å². The van der Waals surface area contributed by atoms with Crippen molar-refractivity contribution >= 4 is 23.5 Å². The first kappa shape index (κ1) is 24.8. The van der Waals surface area contributed by atoms with Crippen molar-refractivity contribution in [2.75, 3.05) is 12.9 Å². The number of methoxy groups -OCH3 is 1. The van der Waals surface area contributed by atoms with E-state index in [2.05, 4.69) is 4.74 Å². The Morgan fingerprint density at radius 2 is 1.97 bits per heavy atom. The summed E-state index contributed by atoms with van der Waals surface area (Å²) in [4.78, 5) is 23.9. The normalized spacial score (nSPS) is 22.3. The number of esters is 1. The lowest BCUT2D eigenvalue weighted by Crippen LogP contribution is -2.23. The van der Waals surface area contributed by atoms with Gasteiger partial charge < -0.3 is 14.9 Å². The topological polar surface area (TPSA) is 83.8 Å². The van der Waals surface area contributed by atoms with Crippen molar-refractivity contribution < 1.29 is 28.9 Å². The first-order chi connectivity index (χ1) is 14.4. The highest BCUT2D eigenvalue weighted by molar-refractivity contribution is 7.99. The maximum absolute atomic E-state index is 13.7. The van der Waals surface area contributed by atoms with Gasteiger partial charge in [-0.3, -0.25) is 9.59 Å². The van der Waals surface area contributed by atoms with Gasteiger partial charge in [0.15, 0.2) is 0 Å². The fourth-order valence-electron chi connectivity index (χ4n) is 4.09. The molecular formula is C23H33FO5S. The molecule has 0 amide bonds. The van der Waals surface area contributed by atoms with Crippen LogP contribution in [-0.4, -0.2) is 47.0 Å². The van der Waals surface area contributed by atoms with E-state index in [0.717, 1.165) is 32.1 Å². The van der Waals surface area contributed by atoms with Gasteiger partial charge in [0.1, 0.15) is 11.6 Å². The number of benzene rings is 1. The molecule has 4 atom stereocenters. The van der Waals surface area contributed by atoms with Gasteiger partial charge in [-0.1, -0.05) is 31.4 Å². The number of hydrogen-bond acceptors (Lipinski definition) is 6. The Hall–Kier alpha value is -1.44. The van der Waals surface area contributed by atoms with Gasteiger partial charge in [0.2, 0.25) is 0 Å². The molecular weight excluding hydrogens is 407 g/mol. The molecule has 1 saturated carbocycles. The Labute approximate surface area is 182 Å². The highest BCUT2D eigenvalue weighted by atomic mass is 32.2. The fourth-order valence-corrected chi connectivity index (χ4v) is 5.01. The van der Waals surface area contributed by atoms with Gasteiger partial charge in [0, 0.05) is 29.4 Å². The summed E-state index contributed by atoms with van der Waals surface area (Å²) in [5.41, 5.74) is 0. The third kappa shape index (κ3) is 8.00. The van der Waals surface area contributed by atoms with Crippen LogP contribution in [-0.2, 0) is 14.3 Å². The molecule has 0 saturated heterocycles. The third-order valence-electron chi connectivity index (χ3n) is 5.81. The minimum atomic E-state index is -0.645. The number of halogens is 1. The minimum absolute atomic E-state index is 0.109. The van der Waals surface area contributed by atoms with Crippen molar-refractivity contribution in [2.45, 2.75) is 74.9 Å². The van der Waals surface area contributed by atoms with E-state index in [1.807, 2.05) is 0 Å².